The number of anilines is 1. The van der Waals surface area contributed by atoms with Gasteiger partial charge in [0, 0.05) is 6.92 Å². The number of carbonyl (C=O) groups is 2. The van der Waals surface area contributed by atoms with Gasteiger partial charge in [0.2, 0.25) is 16.9 Å². The maximum absolute atomic E-state index is 12.3. The van der Waals surface area contributed by atoms with Gasteiger partial charge in [-0.3, -0.25) is 9.59 Å². The zero-order valence-electron chi connectivity index (χ0n) is 13.8. The van der Waals surface area contributed by atoms with E-state index in [0.29, 0.717) is 10.9 Å². The van der Waals surface area contributed by atoms with E-state index < -0.39 is 6.04 Å². The molecule has 0 saturated carbocycles. The quantitative estimate of drug-likeness (QED) is 0.801. The second kappa shape index (κ2) is 8.39. The van der Waals surface area contributed by atoms with Crippen molar-refractivity contribution in [3.05, 3.63) is 34.8 Å². The summed E-state index contributed by atoms with van der Waals surface area (Å²) in [7, 11) is 1.58. The molecule has 1 aromatic heterocycles. The van der Waals surface area contributed by atoms with Gasteiger partial charge in [0.25, 0.3) is 0 Å². The zero-order chi connectivity index (χ0) is 17.5. The maximum Gasteiger partial charge on any atom is 0.228 e. The van der Waals surface area contributed by atoms with Crippen molar-refractivity contribution in [3.8, 4) is 5.75 Å². The van der Waals surface area contributed by atoms with E-state index in [1.165, 1.54) is 18.3 Å². The van der Waals surface area contributed by atoms with Crippen LogP contribution in [-0.2, 0) is 16.0 Å². The van der Waals surface area contributed by atoms with Crippen molar-refractivity contribution in [3.63, 3.8) is 0 Å². The molecule has 0 saturated heterocycles. The summed E-state index contributed by atoms with van der Waals surface area (Å²) in [6.45, 7) is 3.40. The van der Waals surface area contributed by atoms with Crippen LogP contribution in [0.5, 0.6) is 5.75 Å². The fourth-order valence-electron chi connectivity index (χ4n) is 2.14. The van der Waals surface area contributed by atoms with Crippen molar-refractivity contribution < 1.29 is 14.3 Å². The Kier molecular flexibility index (Phi) is 6.25. The van der Waals surface area contributed by atoms with E-state index in [2.05, 4.69) is 20.8 Å². The highest BCUT2D eigenvalue weighted by Gasteiger charge is 2.18. The van der Waals surface area contributed by atoms with Gasteiger partial charge >= 0.3 is 0 Å². The van der Waals surface area contributed by atoms with Gasteiger partial charge in [-0.1, -0.05) is 30.4 Å². The van der Waals surface area contributed by atoms with Crippen LogP contribution in [0.3, 0.4) is 0 Å². The molecule has 128 valence electrons. The van der Waals surface area contributed by atoms with E-state index in [9.17, 15) is 9.59 Å². The Hall–Kier alpha value is -2.48. The lowest BCUT2D eigenvalue weighted by atomic mass is 10.0. The summed E-state index contributed by atoms with van der Waals surface area (Å²) >= 11 is 1.34. The molecule has 0 unspecified atom stereocenters. The molecule has 1 heterocycles. The molecule has 0 aliphatic heterocycles. The number of carbonyl (C=O) groups excluding carboxylic acids is 2. The number of benzene rings is 1. The minimum atomic E-state index is -0.424. The minimum absolute atomic E-state index is 0.104. The van der Waals surface area contributed by atoms with Gasteiger partial charge < -0.3 is 15.4 Å². The number of aryl methyl sites for hydroxylation is 1. The zero-order valence-corrected chi connectivity index (χ0v) is 14.6. The predicted molar refractivity (Wildman–Crippen MR) is 92.1 cm³/mol. The number of methoxy groups -OCH3 is 1. The molecule has 1 atom stereocenters. The molecule has 0 spiro atoms. The smallest absolute Gasteiger partial charge is 0.228 e. The standard InChI is InChI=1S/C16H20N4O3S/c1-4-15-19-20-16(24-15)18-14(22)9-13(17-10(2)21)11-5-7-12(23-3)8-6-11/h5-8,13H,4,9H2,1-3H3,(H,17,21)(H,18,20,22)/t13-/m1/s1. The molecule has 1 aromatic carbocycles. The lowest BCUT2D eigenvalue weighted by molar-refractivity contribution is -0.120. The molecule has 0 aliphatic rings. The molecule has 2 rings (SSSR count). The average molecular weight is 348 g/mol. The first-order valence-corrected chi connectivity index (χ1v) is 8.36. The van der Waals surface area contributed by atoms with Crippen LogP contribution in [0.4, 0.5) is 5.13 Å². The lowest BCUT2D eigenvalue weighted by Gasteiger charge is -2.18. The monoisotopic (exact) mass is 348 g/mol. The van der Waals surface area contributed by atoms with Crippen LogP contribution in [0.1, 0.15) is 36.9 Å². The van der Waals surface area contributed by atoms with Crippen molar-refractivity contribution in [1.82, 2.24) is 15.5 Å². The summed E-state index contributed by atoms with van der Waals surface area (Å²) in [6, 6.07) is 6.81. The van der Waals surface area contributed by atoms with Gasteiger partial charge in [0.15, 0.2) is 0 Å². The second-order valence-electron chi connectivity index (χ2n) is 5.13. The highest BCUT2D eigenvalue weighted by Crippen LogP contribution is 2.22. The van der Waals surface area contributed by atoms with Crippen LogP contribution in [0.2, 0.25) is 0 Å². The number of hydrogen-bond acceptors (Lipinski definition) is 6. The number of hydrogen-bond donors (Lipinski definition) is 2. The number of nitrogens with zero attached hydrogens (tertiary/aromatic N) is 2. The Bertz CT molecular complexity index is 700. The van der Waals surface area contributed by atoms with Gasteiger partial charge in [0.1, 0.15) is 10.8 Å². The third-order valence-corrected chi connectivity index (χ3v) is 4.28. The van der Waals surface area contributed by atoms with Gasteiger partial charge in [-0.2, -0.15) is 0 Å². The summed E-state index contributed by atoms with van der Waals surface area (Å²) in [4.78, 5) is 23.7. The third-order valence-electron chi connectivity index (χ3n) is 3.30. The molecule has 8 heteroatoms. The Morgan fingerprint density at radius 1 is 1.25 bits per heavy atom. The topological polar surface area (TPSA) is 93.2 Å². The number of aromatic nitrogens is 2. The molecule has 2 N–H and O–H groups in total. The van der Waals surface area contributed by atoms with Gasteiger partial charge in [-0.05, 0) is 24.1 Å². The molecule has 7 nitrogen and oxygen atoms in total. The fraction of sp³-hybridized carbons (Fsp3) is 0.375. The SMILES string of the molecule is CCc1nnc(NC(=O)C[C@@H](NC(C)=O)c2ccc(OC)cc2)s1. The summed E-state index contributed by atoms with van der Waals surface area (Å²) in [5, 5.41) is 14.7. The average Bonchev–Trinajstić information content (AvgIpc) is 3.01. The van der Waals surface area contributed by atoms with E-state index in [1.54, 1.807) is 19.2 Å². The maximum atomic E-state index is 12.3. The number of rotatable bonds is 7. The molecular weight excluding hydrogens is 328 g/mol. The molecule has 2 amide bonds. The van der Waals surface area contributed by atoms with Gasteiger partial charge in [-0.25, -0.2) is 0 Å². The van der Waals surface area contributed by atoms with Crippen LogP contribution < -0.4 is 15.4 Å². The lowest BCUT2D eigenvalue weighted by Crippen LogP contribution is -2.29. The first kappa shape index (κ1) is 17.9. The van der Waals surface area contributed by atoms with E-state index >= 15 is 0 Å². The molecular formula is C16H20N4O3S. The highest BCUT2D eigenvalue weighted by atomic mass is 32.1. The number of amides is 2. The van der Waals surface area contributed by atoms with E-state index in [0.717, 1.165) is 17.0 Å². The van der Waals surface area contributed by atoms with Crippen molar-refractivity contribution in [2.24, 2.45) is 0 Å². The van der Waals surface area contributed by atoms with Crippen LogP contribution in [0.15, 0.2) is 24.3 Å². The van der Waals surface area contributed by atoms with Crippen LogP contribution >= 0.6 is 11.3 Å². The Morgan fingerprint density at radius 2 is 1.96 bits per heavy atom. The Morgan fingerprint density at radius 3 is 2.50 bits per heavy atom. The van der Waals surface area contributed by atoms with Crippen molar-refractivity contribution >= 4 is 28.3 Å². The first-order chi connectivity index (χ1) is 11.5. The van der Waals surface area contributed by atoms with E-state index in [-0.39, 0.29) is 18.2 Å². The summed E-state index contributed by atoms with van der Waals surface area (Å²) in [5.41, 5.74) is 0.827. The minimum Gasteiger partial charge on any atom is -0.497 e. The molecule has 0 fully saturated rings. The van der Waals surface area contributed by atoms with Crippen molar-refractivity contribution in [2.45, 2.75) is 32.7 Å². The van der Waals surface area contributed by atoms with Crippen molar-refractivity contribution in [2.75, 3.05) is 12.4 Å². The van der Waals surface area contributed by atoms with E-state index in [1.807, 2.05) is 19.1 Å². The van der Waals surface area contributed by atoms with Crippen LogP contribution in [-0.4, -0.2) is 29.1 Å². The van der Waals surface area contributed by atoms with Crippen molar-refractivity contribution in [1.29, 1.82) is 0 Å². The van der Waals surface area contributed by atoms with Crippen LogP contribution in [0.25, 0.3) is 0 Å². The highest BCUT2D eigenvalue weighted by molar-refractivity contribution is 7.15. The van der Waals surface area contributed by atoms with E-state index in [4.69, 9.17) is 4.74 Å². The first-order valence-electron chi connectivity index (χ1n) is 7.55. The Balaban J connectivity index is 2.06. The van der Waals surface area contributed by atoms with Gasteiger partial charge in [0.05, 0.1) is 19.6 Å². The third kappa shape index (κ3) is 5.02. The molecule has 0 aliphatic carbocycles. The fourth-order valence-corrected chi connectivity index (χ4v) is 2.83. The summed E-state index contributed by atoms with van der Waals surface area (Å²) in [6.07, 6.45) is 0.876. The molecule has 0 bridgehead atoms. The van der Waals surface area contributed by atoms with Crippen LogP contribution in [0, 0.1) is 0 Å². The van der Waals surface area contributed by atoms with Gasteiger partial charge in [-0.15, -0.1) is 10.2 Å². The normalized spacial score (nSPS) is 11.6. The number of nitrogens with one attached hydrogen (secondary N) is 2. The number of ether oxygens (including phenoxy) is 1. The largest absolute Gasteiger partial charge is 0.497 e. The predicted octanol–water partition coefficient (Wildman–Crippen LogP) is 2.32. The Labute approximate surface area is 144 Å². The summed E-state index contributed by atoms with van der Waals surface area (Å²) < 4.78 is 5.12. The molecule has 0 radical (unpaired) electrons. The molecule has 2 aromatic rings. The summed E-state index contributed by atoms with van der Waals surface area (Å²) in [5.74, 6) is 0.280. The second-order valence-corrected chi connectivity index (χ2v) is 6.20. The molecule has 24 heavy (non-hydrogen) atoms.